The molecule has 0 heterocycles. The molecule has 0 aromatic heterocycles. The van der Waals surface area contributed by atoms with Crippen molar-refractivity contribution in [1.82, 2.24) is 10.6 Å². The van der Waals surface area contributed by atoms with Crippen molar-refractivity contribution in [2.24, 2.45) is 0 Å². The monoisotopic (exact) mass is 358 g/mol. The van der Waals surface area contributed by atoms with Crippen LogP contribution in [0.25, 0.3) is 0 Å². The summed E-state index contributed by atoms with van der Waals surface area (Å²) in [6, 6.07) is 12.4. The fraction of sp³-hybridized carbons (Fsp3) is 0.263. The Kier molecular flexibility index (Phi) is 6.96. The molecule has 2 aromatic rings. The van der Waals surface area contributed by atoms with Crippen molar-refractivity contribution in [2.75, 3.05) is 29.9 Å². The molecule has 3 N–H and O–H groups in total. The molecule has 0 aliphatic heterocycles. The SMILES string of the molecule is CCNC(=O)NCCN(C(=O)Nc1ccccc1C)c1ccc(F)cc1. The van der Waals surface area contributed by atoms with E-state index in [-0.39, 0.29) is 31.0 Å². The lowest BCUT2D eigenvalue weighted by Crippen LogP contribution is -2.43. The van der Waals surface area contributed by atoms with Crippen LogP contribution in [0, 0.1) is 12.7 Å². The van der Waals surface area contributed by atoms with Gasteiger partial charge in [-0.1, -0.05) is 18.2 Å². The molecule has 0 fully saturated rings. The van der Waals surface area contributed by atoms with Crippen LogP contribution in [0.5, 0.6) is 0 Å². The molecule has 7 heteroatoms. The van der Waals surface area contributed by atoms with Crippen LogP contribution in [0.3, 0.4) is 0 Å². The minimum absolute atomic E-state index is 0.237. The number of nitrogens with zero attached hydrogens (tertiary/aromatic N) is 1. The van der Waals surface area contributed by atoms with Gasteiger partial charge in [-0.15, -0.1) is 0 Å². The van der Waals surface area contributed by atoms with Gasteiger partial charge in [-0.25, -0.2) is 14.0 Å². The third-order valence-corrected chi connectivity index (χ3v) is 3.73. The van der Waals surface area contributed by atoms with Crippen LogP contribution in [0.15, 0.2) is 48.5 Å². The van der Waals surface area contributed by atoms with Crippen LogP contribution < -0.4 is 20.9 Å². The number of hydrogen-bond acceptors (Lipinski definition) is 2. The average molecular weight is 358 g/mol. The van der Waals surface area contributed by atoms with Gasteiger partial charge >= 0.3 is 12.1 Å². The van der Waals surface area contributed by atoms with Gasteiger partial charge in [0.25, 0.3) is 0 Å². The van der Waals surface area contributed by atoms with Gasteiger partial charge in [-0.05, 0) is 49.7 Å². The second-order valence-electron chi connectivity index (χ2n) is 5.66. The molecule has 0 saturated heterocycles. The number of hydrogen-bond donors (Lipinski definition) is 3. The highest BCUT2D eigenvalue weighted by molar-refractivity contribution is 6.02. The minimum atomic E-state index is -0.381. The number of anilines is 2. The Morgan fingerprint density at radius 1 is 1.04 bits per heavy atom. The summed E-state index contributed by atoms with van der Waals surface area (Å²) in [5, 5.41) is 8.16. The Labute approximate surface area is 152 Å². The van der Waals surface area contributed by atoms with Crippen LogP contribution in [0.4, 0.5) is 25.4 Å². The smallest absolute Gasteiger partial charge is 0.326 e. The summed E-state index contributed by atoms with van der Waals surface area (Å²) in [6.45, 7) is 4.72. The molecule has 2 aromatic carbocycles. The highest BCUT2D eigenvalue weighted by Gasteiger charge is 2.17. The van der Waals surface area contributed by atoms with E-state index in [0.29, 0.717) is 17.9 Å². The van der Waals surface area contributed by atoms with Gasteiger partial charge in [0.05, 0.1) is 0 Å². The summed E-state index contributed by atoms with van der Waals surface area (Å²) in [5.41, 5.74) is 2.16. The van der Waals surface area contributed by atoms with E-state index in [9.17, 15) is 14.0 Å². The lowest BCUT2D eigenvalue weighted by molar-refractivity contribution is 0.241. The number of halogens is 1. The van der Waals surface area contributed by atoms with E-state index < -0.39 is 0 Å². The highest BCUT2D eigenvalue weighted by Crippen LogP contribution is 2.18. The van der Waals surface area contributed by atoms with Gasteiger partial charge in [-0.3, -0.25) is 4.90 Å². The zero-order chi connectivity index (χ0) is 18.9. The maximum absolute atomic E-state index is 13.2. The van der Waals surface area contributed by atoms with Crippen LogP contribution in [0.1, 0.15) is 12.5 Å². The van der Waals surface area contributed by atoms with Crippen molar-refractivity contribution in [1.29, 1.82) is 0 Å². The molecular formula is C19H23FN4O2. The van der Waals surface area contributed by atoms with Crippen molar-refractivity contribution in [3.8, 4) is 0 Å². The molecule has 4 amide bonds. The number of rotatable bonds is 6. The maximum atomic E-state index is 13.2. The number of carbonyl (C=O) groups is 2. The van der Waals surface area contributed by atoms with Crippen molar-refractivity contribution in [3.05, 3.63) is 59.9 Å². The molecule has 0 unspecified atom stereocenters. The molecule has 0 radical (unpaired) electrons. The van der Waals surface area contributed by atoms with Crippen molar-refractivity contribution >= 4 is 23.4 Å². The summed E-state index contributed by atoms with van der Waals surface area (Å²) >= 11 is 0. The first kappa shape index (κ1) is 19.2. The molecule has 0 saturated carbocycles. The number of urea groups is 2. The fourth-order valence-electron chi connectivity index (χ4n) is 2.37. The number of carbonyl (C=O) groups excluding carboxylic acids is 2. The highest BCUT2D eigenvalue weighted by atomic mass is 19.1. The van der Waals surface area contributed by atoms with E-state index in [4.69, 9.17) is 0 Å². The van der Waals surface area contributed by atoms with Crippen LogP contribution in [-0.4, -0.2) is 31.7 Å². The predicted octanol–water partition coefficient (Wildman–Crippen LogP) is 3.49. The van der Waals surface area contributed by atoms with E-state index in [1.54, 1.807) is 0 Å². The molecule has 138 valence electrons. The minimum Gasteiger partial charge on any atom is -0.338 e. The van der Waals surface area contributed by atoms with Crippen LogP contribution in [0.2, 0.25) is 0 Å². The van der Waals surface area contributed by atoms with Gasteiger partial charge < -0.3 is 16.0 Å². The summed E-state index contributed by atoms with van der Waals surface area (Å²) in [4.78, 5) is 25.7. The number of para-hydroxylation sites is 1. The molecule has 0 atom stereocenters. The molecule has 0 aliphatic rings. The number of amides is 4. The summed E-state index contributed by atoms with van der Waals surface area (Å²) in [7, 11) is 0. The number of nitrogens with one attached hydrogen (secondary N) is 3. The van der Waals surface area contributed by atoms with Crippen LogP contribution in [-0.2, 0) is 0 Å². The van der Waals surface area contributed by atoms with Gasteiger partial charge in [0.1, 0.15) is 5.82 Å². The predicted molar refractivity (Wildman–Crippen MR) is 101 cm³/mol. The molecule has 26 heavy (non-hydrogen) atoms. The van der Waals surface area contributed by atoms with E-state index in [1.165, 1.54) is 29.2 Å². The van der Waals surface area contributed by atoms with E-state index in [1.807, 2.05) is 38.1 Å². The molecule has 0 aliphatic carbocycles. The number of aryl methyl sites for hydroxylation is 1. The van der Waals surface area contributed by atoms with Gasteiger partial charge in [-0.2, -0.15) is 0 Å². The van der Waals surface area contributed by atoms with Gasteiger partial charge in [0.15, 0.2) is 0 Å². The molecule has 6 nitrogen and oxygen atoms in total. The van der Waals surface area contributed by atoms with E-state index in [0.717, 1.165) is 5.56 Å². The first-order valence-electron chi connectivity index (χ1n) is 8.42. The quantitative estimate of drug-likeness (QED) is 0.739. The normalized spacial score (nSPS) is 10.1. The maximum Gasteiger partial charge on any atom is 0.326 e. The molecule has 0 spiro atoms. The lowest BCUT2D eigenvalue weighted by atomic mass is 10.2. The van der Waals surface area contributed by atoms with Crippen molar-refractivity contribution in [2.45, 2.75) is 13.8 Å². The largest absolute Gasteiger partial charge is 0.338 e. The molecular weight excluding hydrogens is 335 g/mol. The zero-order valence-electron chi connectivity index (χ0n) is 14.9. The topological polar surface area (TPSA) is 73.5 Å². The second kappa shape index (κ2) is 9.41. The van der Waals surface area contributed by atoms with E-state index >= 15 is 0 Å². The summed E-state index contributed by atoms with van der Waals surface area (Å²) < 4.78 is 13.2. The average Bonchev–Trinajstić information content (AvgIpc) is 2.62. The lowest BCUT2D eigenvalue weighted by Gasteiger charge is -2.24. The van der Waals surface area contributed by atoms with Crippen LogP contribution >= 0.6 is 0 Å². The third kappa shape index (κ3) is 5.47. The summed E-state index contributed by atoms with van der Waals surface area (Å²) in [5.74, 6) is -0.381. The van der Waals surface area contributed by atoms with E-state index in [2.05, 4.69) is 16.0 Å². The van der Waals surface area contributed by atoms with Crippen molar-refractivity contribution in [3.63, 3.8) is 0 Å². The van der Waals surface area contributed by atoms with Gasteiger partial charge in [0.2, 0.25) is 0 Å². The molecule has 2 rings (SSSR count). The standard InChI is InChI=1S/C19H23FN4O2/c1-3-21-18(25)22-12-13-24(16-10-8-15(20)9-11-16)19(26)23-17-7-5-4-6-14(17)2/h4-11H,3,12-13H2,1-2H3,(H,23,26)(H2,21,22,25). The Morgan fingerprint density at radius 2 is 1.73 bits per heavy atom. The Morgan fingerprint density at radius 3 is 2.38 bits per heavy atom. The van der Waals surface area contributed by atoms with Gasteiger partial charge in [0, 0.05) is 31.0 Å². The molecule has 0 bridgehead atoms. The first-order valence-corrected chi connectivity index (χ1v) is 8.42. The Bertz CT molecular complexity index is 749. The zero-order valence-corrected chi connectivity index (χ0v) is 14.9. The first-order chi connectivity index (χ1) is 12.5. The summed E-state index contributed by atoms with van der Waals surface area (Å²) in [6.07, 6.45) is 0. The Hall–Kier alpha value is -3.09. The second-order valence-corrected chi connectivity index (χ2v) is 5.66. The third-order valence-electron chi connectivity index (χ3n) is 3.73. The number of benzene rings is 2. The Balaban J connectivity index is 2.11. The van der Waals surface area contributed by atoms with Crippen molar-refractivity contribution < 1.29 is 14.0 Å². The fourth-order valence-corrected chi connectivity index (χ4v) is 2.37.